The molecule has 3 aromatic rings. The van der Waals surface area contributed by atoms with Gasteiger partial charge in [-0.05, 0) is 24.1 Å². The van der Waals surface area contributed by atoms with Crippen LogP contribution in [-0.4, -0.2) is 17.7 Å². The Morgan fingerprint density at radius 3 is 2.19 bits per heavy atom. The van der Waals surface area contributed by atoms with E-state index in [1.165, 1.54) is 0 Å². The van der Waals surface area contributed by atoms with E-state index in [4.69, 9.17) is 0 Å². The van der Waals surface area contributed by atoms with Crippen molar-refractivity contribution in [2.75, 3.05) is 4.90 Å². The summed E-state index contributed by atoms with van der Waals surface area (Å²) < 4.78 is 0. The van der Waals surface area contributed by atoms with Crippen LogP contribution in [0.4, 0.5) is 5.69 Å². The number of hydrogen-bond donors (Lipinski definition) is 2. The molecule has 0 fully saturated rings. The van der Waals surface area contributed by atoms with Crippen molar-refractivity contribution >= 4 is 23.4 Å². The number of hydrogen-bond acceptors (Lipinski definition) is 3. The largest absolute Gasteiger partial charge is 0.341 e. The number of carbonyl (C=O) groups is 3. The number of carbonyl (C=O) groups excluding carboxylic acids is 3. The lowest BCUT2D eigenvalue weighted by molar-refractivity contribution is -0.140. The minimum absolute atomic E-state index is 0.262. The van der Waals surface area contributed by atoms with Crippen molar-refractivity contribution in [2.24, 2.45) is 0 Å². The van der Waals surface area contributed by atoms with Gasteiger partial charge in [0.2, 0.25) is 0 Å². The van der Waals surface area contributed by atoms with Crippen molar-refractivity contribution in [2.45, 2.75) is 25.6 Å². The summed E-state index contributed by atoms with van der Waals surface area (Å²) in [5, 5.41) is 5.30. The third kappa shape index (κ3) is 4.33. The Kier molecular flexibility index (Phi) is 5.80. The zero-order chi connectivity index (χ0) is 21.8. The summed E-state index contributed by atoms with van der Waals surface area (Å²) in [6.07, 6.45) is 0. The number of nitrogens with one attached hydrogen (secondary N) is 2. The molecule has 0 aromatic heterocycles. The molecule has 6 heteroatoms. The molecule has 0 bridgehead atoms. The van der Waals surface area contributed by atoms with Gasteiger partial charge in [-0.25, -0.2) is 0 Å². The molecule has 0 aliphatic carbocycles. The second-order valence-electron chi connectivity index (χ2n) is 7.48. The number of anilines is 1. The van der Waals surface area contributed by atoms with Crippen LogP contribution in [0.3, 0.4) is 0 Å². The van der Waals surface area contributed by atoms with Crippen LogP contribution >= 0.6 is 0 Å². The van der Waals surface area contributed by atoms with Crippen molar-refractivity contribution in [3.63, 3.8) is 0 Å². The van der Waals surface area contributed by atoms with Crippen molar-refractivity contribution in [3.8, 4) is 0 Å². The molecule has 156 valence electrons. The number of rotatable bonds is 5. The monoisotopic (exact) mass is 413 g/mol. The topological polar surface area (TPSA) is 78.5 Å². The number of benzene rings is 3. The number of fused-ring (bicyclic) bond motifs is 1. The molecule has 0 spiro atoms. The van der Waals surface area contributed by atoms with E-state index < -0.39 is 17.9 Å². The maximum Gasteiger partial charge on any atom is 0.310 e. The first-order valence-electron chi connectivity index (χ1n) is 10.1. The summed E-state index contributed by atoms with van der Waals surface area (Å²) in [6, 6.07) is 25.1. The highest BCUT2D eigenvalue weighted by Gasteiger charge is 2.38. The SMILES string of the molecule is CC(NC(=O)C(=O)NC1C(=O)N(Cc2ccccc2)c2ccccc21)c1ccccc1. The van der Waals surface area contributed by atoms with Gasteiger partial charge in [0.1, 0.15) is 6.04 Å². The van der Waals surface area contributed by atoms with E-state index in [1.807, 2.05) is 78.9 Å². The minimum Gasteiger partial charge on any atom is -0.341 e. The van der Waals surface area contributed by atoms with Crippen LogP contribution in [0.1, 0.15) is 35.7 Å². The number of amides is 3. The van der Waals surface area contributed by atoms with E-state index in [2.05, 4.69) is 10.6 Å². The van der Waals surface area contributed by atoms with Gasteiger partial charge >= 0.3 is 11.8 Å². The fourth-order valence-corrected chi connectivity index (χ4v) is 3.74. The normalized spacial score (nSPS) is 15.8. The summed E-state index contributed by atoms with van der Waals surface area (Å²) in [5.74, 6) is -1.87. The molecule has 6 nitrogen and oxygen atoms in total. The number of nitrogens with zero attached hydrogens (tertiary/aromatic N) is 1. The van der Waals surface area contributed by atoms with Gasteiger partial charge in [-0.2, -0.15) is 0 Å². The van der Waals surface area contributed by atoms with Gasteiger partial charge in [-0.15, -0.1) is 0 Å². The zero-order valence-corrected chi connectivity index (χ0v) is 17.1. The lowest BCUT2D eigenvalue weighted by Crippen LogP contribution is -2.45. The summed E-state index contributed by atoms with van der Waals surface area (Å²) >= 11 is 0. The molecule has 0 saturated carbocycles. The molecule has 1 heterocycles. The van der Waals surface area contributed by atoms with E-state index in [-0.39, 0.29) is 11.9 Å². The van der Waals surface area contributed by atoms with Gasteiger partial charge in [-0.3, -0.25) is 14.4 Å². The zero-order valence-electron chi connectivity index (χ0n) is 17.1. The molecule has 4 rings (SSSR count). The second kappa shape index (κ2) is 8.83. The highest BCUT2D eigenvalue weighted by Crippen LogP contribution is 2.36. The maximum absolute atomic E-state index is 13.1. The molecule has 1 aliphatic rings. The molecule has 3 aromatic carbocycles. The Balaban J connectivity index is 1.48. The first-order chi connectivity index (χ1) is 15.0. The van der Waals surface area contributed by atoms with Crippen LogP contribution < -0.4 is 15.5 Å². The van der Waals surface area contributed by atoms with Crippen molar-refractivity contribution in [3.05, 3.63) is 102 Å². The van der Waals surface area contributed by atoms with Gasteiger partial charge in [-0.1, -0.05) is 78.9 Å². The average Bonchev–Trinajstić information content (AvgIpc) is 3.06. The van der Waals surface area contributed by atoms with Crippen LogP contribution in [0, 0.1) is 0 Å². The Morgan fingerprint density at radius 2 is 1.48 bits per heavy atom. The van der Waals surface area contributed by atoms with Crippen LogP contribution in [0.15, 0.2) is 84.9 Å². The smallest absolute Gasteiger partial charge is 0.310 e. The molecular weight excluding hydrogens is 390 g/mol. The van der Waals surface area contributed by atoms with Crippen LogP contribution in [0.2, 0.25) is 0 Å². The quantitative estimate of drug-likeness (QED) is 0.630. The molecule has 1 aliphatic heterocycles. The first-order valence-corrected chi connectivity index (χ1v) is 10.1. The van der Waals surface area contributed by atoms with Gasteiger partial charge < -0.3 is 15.5 Å². The van der Waals surface area contributed by atoms with Gasteiger partial charge in [0, 0.05) is 11.3 Å². The summed E-state index contributed by atoms with van der Waals surface area (Å²) in [4.78, 5) is 39.8. The van der Waals surface area contributed by atoms with Crippen LogP contribution in [0.5, 0.6) is 0 Å². The molecule has 2 unspecified atom stereocenters. The Hall–Kier alpha value is -3.93. The lowest BCUT2D eigenvalue weighted by Gasteiger charge is -2.19. The summed E-state index contributed by atoms with van der Waals surface area (Å²) in [7, 11) is 0. The van der Waals surface area contributed by atoms with Crippen LogP contribution in [0.25, 0.3) is 0 Å². The minimum atomic E-state index is -0.898. The third-order valence-electron chi connectivity index (χ3n) is 5.36. The molecule has 0 saturated heterocycles. The van der Waals surface area contributed by atoms with Crippen molar-refractivity contribution in [1.82, 2.24) is 10.6 Å². The number of para-hydroxylation sites is 1. The Morgan fingerprint density at radius 1 is 0.871 bits per heavy atom. The van der Waals surface area contributed by atoms with Crippen molar-refractivity contribution in [1.29, 1.82) is 0 Å². The Bertz CT molecular complexity index is 1100. The highest BCUT2D eigenvalue weighted by molar-refractivity contribution is 6.35. The van der Waals surface area contributed by atoms with Gasteiger partial charge in [0.05, 0.1) is 12.6 Å². The second-order valence-corrected chi connectivity index (χ2v) is 7.48. The van der Waals surface area contributed by atoms with E-state index in [0.29, 0.717) is 12.1 Å². The molecule has 2 N–H and O–H groups in total. The standard InChI is InChI=1S/C25H23N3O3/c1-17(19-12-6-3-7-13-19)26-23(29)24(30)27-22-20-14-8-9-15-21(20)28(25(22)31)16-18-10-4-2-5-11-18/h2-15,17,22H,16H2,1H3,(H,26,29)(H,27,30). The fraction of sp³-hybridized carbons (Fsp3) is 0.160. The predicted octanol–water partition coefficient (Wildman–Crippen LogP) is 3.27. The van der Waals surface area contributed by atoms with E-state index in [1.54, 1.807) is 17.9 Å². The lowest BCUT2D eigenvalue weighted by atomic mass is 10.1. The summed E-state index contributed by atoms with van der Waals surface area (Å²) in [5.41, 5.74) is 3.28. The maximum atomic E-state index is 13.1. The van der Waals surface area contributed by atoms with Crippen LogP contribution in [-0.2, 0) is 20.9 Å². The average molecular weight is 413 g/mol. The fourth-order valence-electron chi connectivity index (χ4n) is 3.74. The molecule has 2 atom stereocenters. The van der Waals surface area contributed by atoms with Gasteiger partial charge in [0.15, 0.2) is 0 Å². The van der Waals surface area contributed by atoms with E-state index in [0.717, 1.165) is 16.8 Å². The summed E-state index contributed by atoms with van der Waals surface area (Å²) in [6.45, 7) is 2.19. The highest BCUT2D eigenvalue weighted by atomic mass is 16.2. The van der Waals surface area contributed by atoms with E-state index >= 15 is 0 Å². The third-order valence-corrected chi connectivity index (χ3v) is 5.36. The molecular formula is C25H23N3O3. The predicted molar refractivity (Wildman–Crippen MR) is 118 cm³/mol. The molecule has 3 amide bonds. The molecule has 0 radical (unpaired) electrons. The van der Waals surface area contributed by atoms with E-state index in [9.17, 15) is 14.4 Å². The Labute approximate surface area is 180 Å². The van der Waals surface area contributed by atoms with Gasteiger partial charge in [0.25, 0.3) is 5.91 Å². The van der Waals surface area contributed by atoms with Crippen molar-refractivity contribution < 1.29 is 14.4 Å². The molecule has 31 heavy (non-hydrogen) atoms. The first kappa shape index (κ1) is 20.3.